The molecule has 2 N–H and O–H groups in total. The summed E-state index contributed by atoms with van der Waals surface area (Å²) in [5.41, 5.74) is 2.17. The van der Waals surface area contributed by atoms with Crippen LogP contribution >= 0.6 is 12.2 Å². The largest absolute Gasteiger partial charge is 0.378 e. The minimum Gasteiger partial charge on any atom is -0.378 e. The quantitative estimate of drug-likeness (QED) is 0.820. The molecule has 1 aliphatic heterocycles. The van der Waals surface area contributed by atoms with Gasteiger partial charge < -0.3 is 20.3 Å². The van der Waals surface area contributed by atoms with Crippen LogP contribution in [0.15, 0.2) is 24.3 Å². The van der Waals surface area contributed by atoms with Crippen molar-refractivity contribution in [1.82, 2.24) is 5.32 Å². The number of hydrogen-bond acceptors (Lipinski definition) is 3. The van der Waals surface area contributed by atoms with E-state index >= 15 is 0 Å². The highest BCUT2D eigenvalue weighted by molar-refractivity contribution is 7.80. The lowest BCUT2D eigenvalue weighted by Crippen LogP contribution is -2.43. The average molecular weight is 293 g/mol. The normalized spacial score (nSPS) is 15.8. The fourth-order valence-electron chi connectivity index (χ4n) is 2.15. The number of anilines is 2. The van der Waals surface area contributed by atoms with E-state index in [2.05, 4.69) is 54.5 Å². The van der Waals surface area contributed by atoms with Gasteiger partial charge in [0.15, 0.2) is 5.11 Å². The molecule has 0 spiro atoms. The molecule has 1 heterocycles. The second kappa shape index (κ2) is 6.41. The second-order valence-electron chi connectivity index (χ2n) is 5.95. The van der Waals surface area contributed by atoms with Gasteiger partial charge in [0, 0.05) is 18.6 Å². The van der Waals surface area contributed by atoms with E-state index in [1.165, 1.54) is 5.69 Å². The Kier molecular flexibility index (Phi) is 4.83. The van der Waals surface area contributed by atoms with Gasteiger partial charge in [0.05, 0.1) is 24.6 Å². The number of benzene rings is 1. The van der Waals surface area contributed by atoms with Crippen molar-refractivity contribution in [1.29, 1.82) is 0 Å². The second-order valence-corrected chi connectivity index (χ2v) is 6.35. The molecule has 5 heteroatoms. The highest BCUT2D eigenvalue weighted by Gasteiger charge is 2.16. The van der Waals surface area contributed by atoms with E-state index in [1.54, 1.807) is 0 Å². The molecule has 1 saturated heterocycles. The molecule has 0 saturated carbocycles. The molecule has 0 aliphatic carbocycles. The van der Waals surface area contributed by atoms with Crippen molar-refractivity contribution in [3.05, 3.63) is 24.3 Å². The predicted molar refractivity (Wildman–Crippen MR) is 88.6 cm³/mol. The molecule has 110 valence electrons. The van der Waals surface area contributed by atoms with Crippen molar-refractivity contribution < 1.29 is 4.74 Å². The topological polar surface area (TPSA) is 36.5 Å². The molecule has 1 aromatic rings. The van der Waals surface area contributed by atoms with Crippen LogP contribution in [-0.4, -0.2) is 37.0 Å². The average Bonchev–Trinajstić information content (AvgIpc) is 2.38. The molecule has 0 unspecified atom stereocenters. The molecular weight excluding hydrogens is 270 g/mol. The van der Waals surface area contributed by atoms with Gasteiger partial charge in [-0.25, -0.2) is 0 Å². The van der Waals surface area contributed by atoms with Crippen LogP contribution in [0.2, 0.25) is 0 Å². The third-order valence-electron chi connectivity index (χ3n) is 2.99. The maximum absolute atomic E-state index is 5.41. The van der Waals surface area contributed by atoms with Crippen molar-refractivity contribution in [2.75, 3.05) is 36.5 Å². The number of morpholine rings is 1. The summed E-state index contributed by atoms with van der Waals surface area (Å²) in [5, 5.41) is 7.23. The van der Waals surface area contributed by atoms with Gasteiger partial charge in [-0.2, -0.15) is 0 Å². The van der Waals surface area contributed by atoms with Crippen LogP contribution < -0.4 is 15.5 Å². The highest BCUT2D eigenvalue weighted by atomic mass is 32.1. The summed E-state index contributed by atoms with van der Waals surface area (Å²) in [5.74, 6) is 0. The summed E-state index contributed by atoms with van der Waals surface area (Å²) in [4.78, 5) is 2.32. The van der Waals surface area contributed by atoms with Crippen LogP contribution in [0.4, 0.5) is 11.4 Å². The first-order valence-corrected chi connectivity index (χ1v) is 7.37. The predicted octanol–water partition coefficient (Wildman–Crippen LogP) is 2.61. The molecule has 1 aliphatic rings. The summed E-state index contributed by atoms with van der Waals surface area (Å²) in [7, 11) is 0. The van der Waals surface area contributed by atoms with Crippen LogP contribution in [0.5, 0.6) is 0 Å². The van der Waals surface area contributed by atoms with Crippen molar-refractivity contribution in [2.24, 2.45) is 0 Å². The van der Waals surface area contributed by atoms with Crippen molar-refractivity contribution in [3.63, 3.8) is 0 Å². The molecule has 2 rings (SSSR count). The van der Waals surface area contributed by atoms with Crippen molar-refractivity contribution in [3.8, 4) is 0 Å². The third-order valence-corrected chi connectivity index (χ3v) is 3.20. The molecule has 0 amide bonds. The van der Waals surface area contributed by atoms with E-state index in [-0.39, 0.29) is 5.54 Å². The van der Waals surface area contributed by atoms with E-state index in [0.717, 1.165) is 32.0 Å². The van der Waals surface area contributed by atoms with Gasteiger partial charge in [0.25, 0.3) is 0 Å². The first kappa shape index (κ1) is 15.1. The first-order chi connectivity index (χ1) is 9.46. The van der Waals surface area contributed by atoms with E-state index in [4.69, 9.17) is 17.0 Å². The SMILES string of the molecule is CC(C)(C)NC(=S)Nc1ccccc1N1CCOCC1. The maximum Gasteiger partial charge on any atom is 0.171 e. The monoisotopic (exact) mass is 293 g/mol. The zero-order valence-corrected chi connectivity index (χ0v) is 13.2. The van der Waals surface area contributed by atoms with E-state index in [1.807, 2.05) is 6.07 Å². The minimum atomic E-state index is -0.0437. The standard InChI is InChI=1S/C15H23N3OS/c1-15(2,3)17-14(20)16-12-6-4-5-7-13(12)18-8-10-19-11-9-18/h4-7H,8-11H2,1-3H3,(H2,16,17,20). The molecule has 4 nitrogen and oxygen atoms in total. The van der Waals surface area contributed by atoms with Gasteiger partial charge in [-0.15, -0.1) is 0 Å². The fraction of sp³-hybridized carbons (Fsp3) is 0.533. The van der Waals surface area contributed by atoms with Gasteiger partial charge in [-0.1, -0.05) is 12.1 Å². The zero-order chi connectivity index (χ0) is 14.6. The van der Waals surface area contributed by atoms with Crippen LogP contribution in [0, 0.1) is 0 Å². The molecule has 20 heavy (non-hydrogen) atoms. The van der Waals surface area contributed by atoms with E-state index in [9.17, 15) is 0 Å². The van der Waals surface area contributed by atoms with Crippen molar-refractivity contribution >= 4 is 28.7 Å². The molecule has 1 aromatic carbocycles. The van der Waals surface area contributed by atoms with Crippen molar-refractivity contribution in [2.45, 2.75) is 26.3 Å². The number of thiocarbonyl (C=S) groups is 1. The molecular formula is C15H23N3OS. The third kappa shape index (κ3) is 4.35. The van der Waals surface area contributed by atoms with E-state index in [0.29, 0.717) is 5.11 Å². The summed E-state index contributed by atoms with van der Waals surface area (Å²) >= 11 is 5.38. The van der Waals surface area contributed by atoms with Crippen LogP contribution in [-0.2, 0) is 4.74 Å². The smallest absolute Gasteiger partial charge is 0.171 e. The summed E-state index contributed by atoms with van der Waals surface area (Å²) in [6, 6.07) is 8.25. The number of para-hydroxylation sites is 2. The lowest BCUT2D eigenvalue weighted by molar-refractivity contribution is 0.123. The van der Waals surface area contributed by atoms with Crippen LogP contribution in [0.25, 0.3) is 0 Å². The van der Waals surface area contributed by atoms with Gasteiger partial charge in [0.1, 0.15) is 0 Å². The number of nitrogens with one attached hydrogen (secondary N) is 2. The Balaban J connectivity index is 2.09. The Morgan fingerprint density at radius 1 is 1.20 bits per heavy atom. The lowest BCUT2D eigenvalue weighted by atomic mass is 10.1. The molecule has 0 bridgehead atoms. The summed E-state index contributed by atoms with van der Waals surface area (Å²) in [6.07, 6.45) is 0. The number of rotatable bonds is 2. The first-order valence-electron chi connectivity index (χ1n) is 6.96. The Labute approximate surface area is 126 Å². The Morgan fingerprint density at radius 2 is 1.85 bits per heavy atom. The van der Waals surface area contributed by atoms with Gasteiger partial charge >= 0.3 is 0 Å². The zero-order valence-electron chi connectivity index (χ0n) is 12.4. The fourth-order valence-corrected chi connectivity index (χ4v) is 2.57. The number of ether oxygens (including phenoxy) is 1. The Bertz CT molecular complexity index is 464. The maximum atomic E-state index is 5.41. The minimum absolute atomic E-state index is 0.0437. The number of nitrogens with zero attached hydrogens (tertiary/aromatic N) is 1. The van der Waals surface area contributed by atoms with Gasteiger partial charge in [0.2, 0.25) is 0 Å². The molecule has 0 atom stereocenters. The lowest BCUT2D eigenvalue weighted by Gasteiger charge is -2.31. The highest BCUT2D eigenvalue weighted by Crippen LogP contribution is 2.26. The molecule has 0 radical (unpaired) electrons. The molecule has 1 fully saturated rings. The Morgan fingerprint density at radius 3 is 2.50 bits per heavy atom. The van der Waals surface area contributed by atoms with E-state index < -0.39 is 0 Å². The Hall–Kier alpha value is -1.33. The van der Waals surface area contributed by atoms with Gasteiger partial charge in [-0.05, 0) is 45.1 Å². The summed E-state index contributed by atoms with van der Waals surface area (Å²) < 4.78 is 5.41. The number of hydrogen-bond donors (Lipinski definition) is 2. The van der Waals surface area contributed by atoms with Crippen LogP contribution in [0.1, 0.15) is 20.8 Å². The molecule has 0 aromatic heterocycles. The summed E-state index contributed by atoms with van der Waals surface area (Å²) in [6.45, 7) is 9.66. The van der Waals surface area contributed by atoms with Gasteiger partial charge in [-0.3, -0.25) is 0 Å². The van der Waals surface area contributed by atoms with Crippen LogP contribution in [0.3, 0.4) is 0 Å².